The van der Waals surface area contributed by atoms with Crippen LogP contribution in [-0.2, 0) is 21.2 Å². The quantitative estimate of drug-likeness (QED) is 0.579. The monoisotopic (exact) mass is 494 g/mol. The fourth-order valence-corrected chi connectivity index (χ4v) is 5.72. The van der Waals surface area contributed by atoms with Crippen LogP contribution in [0.15, 0.2) is 45.8 Å². The van der Waals surface area contributed by atoms with Gasteiger partial charge in [0, 0.05) is 22.7 Å². The van der Waals surface area contributed by atoms with Gasteiger partial charge in [0.25, 0.3) is 0 Å². The van der Waals surface area contributed by atoms with E-state index in [4.69, 9.17) is 4.74 Å². The van der Waals surface area contributed by atoms with Crippen molar-refractivity contribution in [2.24, 2.45) is 0 Å². The van der Waals surface area contributed by atoms with Crippen LogP contribution in [0.4, 0.5) is 5.69 Å². The summed E-state index contributed by atoms with van der Waals surface area (Å²) in [6.45, 7) is 7.92. The van der Waals surface area contributed by atoms with Crippen LogP contribution in [-0.4, -0.2) is 44.4 Å². The summed E-state index contributed by atoms with van der Waals surface area (Å²) in [6, 6.07) is 10.6. The Bertz CT molecular complexity index is 1060. The molecule has 0 unspecified atom stereocenters. The number of ether oxygens (including phenoxy) is 1. The molecule has 0 spiro atoms. The van der Waals surface area contributed by atoms with Crippen molar-refractivity contribution in [1.29, 1.82) is 0 Å². The minimum absolute atomic E-state index is 0.0177. The predicted octanol–water partition coefficient (Wildman–Crippen LogP) is 4.14. The molecule has 3 rings (SSSR count). The van der Waals surface area contributed by atoms with Crippen LogP contribution in [0.25, 0.3) is 0 Å². The maximum absolute atomic E-state index is 13.2. The molecule has 8 heteroatoms. The molecule has 0 radical (unpaired) electrons. The smallest absolute Gasteiger partial charge is 0.243 e. The molecule has 0 N–H and O–H groups in total. The number of carbonyl (C=O) groups is 1. The highest BCUT2D eigenvalue weighted by Gasteiger charge is 2.34. The summed E-state index contributed by atoms with van der Waals surface area (Å²) in [5, 5.41) is 0. The van der Waals surface area contributed by atoms with Crippen molar-refractivity contribution in [3.05, 3.63) is 52.0 Å². The average molecular weight is 495 g/mol. The number of likely N-dealkylation sites (N-methyl/N-ethyl adjacent to an activating group) is 1. The molecule has 6 nitrogen and oxygen atoms in total. The van der Waals surface area contributed by atoms with E-state index in [1.165, 1.54) is 10.4 Å². The van der Waals surface area contributed by atoms with E-state index in [2.05, 4.69) is 15.9 Å². The molecule has 1 heterocycles. The van der Waals surface area contributed by atoms with Gasteiger partial charge in [-0.2, -0.15) is 4.31 Å². The minimum Gasteiger partial charge on any atom is -0.494 e. The number of halogens is 1. The van der Waals surface area contributed by atoms with Crippen LogP contribution >= 0.6 is 15.9 Å². The van der Waals surface area contributed by atoms with Crippen molar-refractivity contribution >= 4 is 37.5 Å². The third-order valence-electron chi connectivity index (χ3n) is 5.27. The summed E-state index contributed by atoms with van der Waals surface area (Å²) < 4.78 is 34.1. The number of nitrogens with zero attached hydrogens (tertiary/aromatic N) is 2. The van der Waals surface area contributed by atoms with Crippen LogP contribution in [0.5, 0.6) is 5.75 Å². The van der Waals surface area contributed by atoms with Crippen LogP contribution in [0, 0.1) is 6.92 Å². The average Bonchev–Trinajstić information content (AvgIpc) is 3.02. The van der Waals surface area contributed by atoms with Gasteiger partial charge in [-0.15, -0.1) is 0 Å². The van der Waals surface area contributed by atoms with E-state index in [1.807, 2.05) is 39.0 Å². The molecule has 162 valence electrons. The van der Waals surface area contributed by atoms with E-state index in [1.54, 1.807) is 24.0 Å². The Morgan fingerprint density at radius 2 is 1.97 bits per heavy atom. The zero-order valence-corrected chi connectivity index (χ0v) is 20.1. The van der Waals surface area contributed by atoms with E-state index in [9.17, 15) is 13.2 Å². The fourth-order valence-electron chi connectivity index (χ4n) is 3.82. The first-order valence-electron chi connectivity index (χ1n) is 10.0. The molecule has 30 heavy (non-hydrogen) atoms. The fraction of sp³-hybridized carbons (Fsp3) is 0.409. The highest BCUT2D eigenvalue weighted by atomic mass is 79.9. The number of benzene rings is 2. The molecule has 0 saturated heterocycles. The molecule has 2 aromatic carbocycles. The number of rotatable bonds is 7. The van der Waals surface area contributed by atoms with Crippen molar-refractivity contribution in [1.82, 2.24) is 4.31 Å². The predicted molar refractivity (Wildman–Crippen MR) is 122 cm³/mol. The van der Waals surface area contributed by atoms with E-state index in [0.717, 1.165) is 27.7 Å². The molecule has 2 aromatic rings. The summed E-state index contributed by atoms with van der Waals surface area (Å²) in [7, 11) is -3.81. The Kier molecular flexibility index (Phi) is 6.89. The summed E-state index contributed by atoms with van der Waals surface area (Å²) in [5.74, 6) is 0.431. The molecule has 1 amide bonds. The highest BCUT2D eigenvalue weighted by molar-refractivity contribution is 9.10. The van der Waals surface area contributed by atoms with Crippen molar-refractivity contribution in [3.8, 4) is 5.75 Å². The van der Waals surface area contributed by atoms with Crippen LogP contribution < -0.4 is 9.64 Å². The van der Waals surface area contributed by atoms with Crippen LogP contribution in [0.3, 0.4) is 0 Å². The third-order valence-corrected chi connectivity index (χ3v) is 7.68. The lowest BCUT2D eigenvalue weighted by Crippen LogP contribution is -2.45. The van der Waals surface area contributed by atoms with E-state index in [-0.39, 0.29) is 29.9 Å². The van der Waals surface area contributed by atoms with Crippen molar-refractivity contribution in [3.63, 3.8) is 0 Å². The maximum atomic E-state index is 13.2. The van der Waals surface area contributed by atoms with Gasteiger partial charge in [-0.1, -0.05) is 22.9 Å². The number of aryl methyl sites for hydroxylation is 1. The molecular formula is C22H27BrN2O4S. The van der Waals surface area contributed by atoms with E-state index < -0.39 is 10.0 Å². The van der Waals surface area contributed by atoms with Crippen molar-refractivity contribution in [2.45, 2.75) is 45.1 Å². The second kappa shape index (κ2) is 9.08. The van der Waals surface area contributed by atoms with Gasteiger partial charge in [0.1, 0.15) is 5.75 Å². The molecule has 0 saturated carbocycles. The van der Waals surface area contributed by atoms with Gasteiger partial charge in [-0.25, -0.2) is 8.42 Å². The largest absolute Gasteiger partial charge is 0.494 e. The molecular weight excluding hydrogens is 468 g/mol. The number of hydrogen-bond donors (Lipinski definition) is 0. The van der Waals surface area contributed by atoms with Crippen LogP contribution in [0.1, 0.15) is 31.9 Å². The second-order valence-electron chi connectivity index (χ2n) is 7.38. The van der Waals surface area contributed by atoms with E-state index >= 15 is 0 Å². The zero-order chi connectivity index (χ0) is 22.1. The number of sulfonamides is 1. The van der Waals surface area contributed by atoms with E-state index in [0.29, 0.717) is 12.4 Å². The first kappa shape index (κ1) is 22.8. The van der Waals surface area contributed by atoms with Gasteiger partial charge in [0.15, 0.2) is 0 Å². The van der Waals surface area contributed by atoms with Gasteiger partial charge in [-0.05, 0) is 74.7 Å². The lowest BCUT2D eigenvalue weighted by atomic mass is 10.1. The lowest BCUT2D eigenvalue weighted by Gasteiger charge is -2.27. The Labute approximate surface area is 187 Å². The Morgan fingerprint density at radius 3 is 2.60 bits per heavy atom. The van der Waals surface area contributed by atoms with Gasteiger partial charge < -0.3 is 9.64 Å². The van der Waals surface area contributed by atoms with Crippen LogP contribution in [0.2, 0.25) is 0 Å². The molecule has 0 fully saturated rings. The summed E-state index contributed by atoms with van der Waals surface area (Å²) in [6.07, 6.45) is 0.747. The molecule has 0 aromatic heterocycles. The van der Waals surface area contributed by atoms with Gasteiger partial charge >= 0.3 is 0 Å². The van der Waals surface area contributed by atoms with Crippen molar-refractivity contribution < 1.29 is 17.9 Å². The first-order chi connectivity index (χ1) is 14.2. The van der Waals surface area contributed by atoms with Gasteiger partial charge in [0.05, 0.1) is 18.0 Å². The second-order valence-corrected chi connectivity index (χ2v) is 10.2. The third kappa shape index (κ3) is 4.40. The van der Waals surface area contributed by atoms with Gasteiger partial charge in [-0.3, -0.25) is 4.79 Å². The molecule has 0 bridgehead atoms. The normalized spacial score (nSPS) is 16.1. The Balaban J connectivity index is 1.84. The molecule has 1 aliphatic rings. The SMILES string of the molecule is CCOc1ccc(S(=O)(=O)N(CC)CC(=O)N2c3ccc(Br)cc3C[C@@H]2C)cc1C. The lowest BCUT2D eigenvalue weighted by molar-refractivity contribution is -0.119. The summed E-state index contributed by atoms with van der Waals surface area (Å²) in [4.78, 5) is 15.0. The molecule has 1 atom stereocenters. The minimum atomic E-state index is -3.81. The highest BCUT2D eigenvalue weighted by Crippen LogP contribution is 2.34. The zero-order valence-electron chi connectivity index (χ0n) is 17.7. The molecule has 0 aliphatic carbocycles. The Morgan fingerprint density at radius 1 is 1.23 bits per heavy atom. The number of hydrogen-bond acceptors (Lipinski definition) is 4. The number of anilines is 1. The number of fused-ring (bicyclic) bond motifs is 1. The Hall–Kier alpha value is -1.90. The topological polar surface area (TPSA) is 66.9 Å². The maximum Gasteiger partial charge on any atom is 0.243 e. The molecule has 1 aliphatic heterocycles. The first-order valence-corrected chi connectivity index (χ1v) is 12.3. The standard InChI is InChI=1S/C22H27BrN2O4S/c1-5-24(30(27,28)19-8-10-21(29-6-2)15(3)11-19)14-22(26)25-16(4)12-17-13-18(23)7-9-20(17)25/h7-11,13,16H,5-6,12,14H2,1-4H3/t16-/m0/s1. The number of amides is 1. The van der Waals surface area contributed by atoms with Gasteiger partial charge in [0.2, 0.25) is 15.9 Å². The summed E-state index contributed by atoms with van der Waals surface area (Å²) in [5.41, 5.74) is 2.67. The van der Waals surface area contributed by atoms with Crippen molar-refractivity contribution in [2.75, 3.05) is 24.6 Å². The number of carbonyl (C=O) groups excluding carboxylic acids is 1. The summed E-state index contributed by atoms with van der Waals surface area (Å²) >= 11 is 3.47.